The number of halogens is 2. The molecule has 1 aromatic carbocycles. The van der Waals surface area contributed by atoms with Crippen LogP contribution >= 0.6 is 11.6 Å². The van der Waals surface area contributed by atoms with Crippen LogP contribution in [-0.4, -0.2) is 31.4 Å². The molecule has 0 saturated carbocycles. The molecule has 3 N–H and O–H groups in total. The number of hydrogen-bond donors (Lipinski definition) is 2. The van der Waals surface area contributed by atoms with Crippen LogP contribution in [0.3, 0.4) is 0 Å². The third-order valence-corrected chi connectivity index (χ3v) is 6.39. The van der Waals surface area contributed by atoms with E-state index in [0.717, 1.165) is 0 Å². The van der Waals surface area contributed by atoms with E-state index in [4.69, 9.17) is 27.1 Å². The third-order valence-electron chi connectivity index (χ3n) is 6.12. The number of carbonyl (C=O) groups is 1. The van der Waals surface area contributed by atoms with Gasteiger partial charge in [0.25, 0.3) is 5.91 Å². The van der Waals surface area contributed by atoms with Crippen molar-refractivity contribution < 1.29 is 13.9 Å². The van der Waals surface area contributed by atoms with Gasteiger partial charge in [-0.25, -0.2) is 14.4 Å². The van der Waals surface area contributed by atoms with Gasteiger partial charge in [-0.3, -0.25) is 14.2 Å². The van der Waals surface area contributed by atoms with E-state index < -0.39 is 17.6 Å². The summed E-state index contributed by atoms with van der Waals surface area (Å²) >= 11 is 6.32. The van der Waals surface area contributed by atoms with Crippen molar-refractivity contribution in [2.75, 3.05) is 5.73 Å². The Kier molecular flexibility index (Phi) is 7.40. The maximum atomic E-state index is 15.4. The van der Waals surface area contributed by atoms with E-state index in [2.05, 4.69) is 15.3 Å². The topological polar surface area (TPSA) is 107 Å². The second kappa shape index (κ2) is 10.5. The molecule has 0 aliphatic heterocycles. The number of amides is 1. The number of pyridine rings is 1. The molecule has 3 heterocycles. The number of carbonyl (C=O) groups excluding carboxylic acids is 1. The fourth-order valence-corrected chi connectivity index (χ4v) is 4.25. The van der Waals surface area contributed by atoms with Crippen LogP contribution in [-0.2, 0) is 6.54 Å². The van der Waals surface area contributed by atoms with Crippen LogP contribution < -0.4 is 15.8 Å². The molecule has 0 saturated heterocycles. The summed E-state index contributed by atoms with van der Waals surface area (Å²) in [4.78, 5) is 26.4. The average molecular weight is 511 g/mol. The highest BCUT2D eigenvalue weighted by Gasteiger charge is 2.30. The normalized spacial score (nSPS) is 12.9. The molecule has 10 heteroatoms. The van der Waals surface area contributed by atoms with Crippen LogP contribution in [0.1, 0.15) is 66.2 Å². The van der Waals surface area contributed by atoms with Gasteiger partial charge in [0.15, 0.2) is 5.82 Å². The SMILES string of the molecule is CCC(C)Oc1c([C@H](C)c2nc(C)c3c(N)nccn23)cc(Cl)c(F)c1C(=O)NCc1ccccn1. The summed E-state index contributed by atoms with van der Waals surface area (Å²) in [6, 6.07) is 6.85. The van der Waals surface area contributed by atoms with Crippen molar-refractivity contribution in [3.05, 3.63) is 82.0 Å². The lowest BCUT2D eigenvalue weighted by Gasteiger charge is -2.23. The molecule has 3 aromatic heterocycles. The van der Waals surface area contributed by atoms with Crippen molar-refractivity contribution in [3.63, 3.8) is 0 Å². The number of fused-ring (bicyclic) bond motifs is 1. The molecule has 8 nitrogen and oxygen atoms in total. The van der Waals surface area contributed by atoms with Crippen LogP contribution in [0.2, 0.25) is 5.02 Å². The largest absolute Gasteiger partial charge is 0.489 e. The summed E-state index contributed by atoms with van der Waals surface area (Å²) in [5.74, 6) is -0.801. The third kappa shape index (κ3) is 4.83. The van der Waals surface area contributed by atoms with Gasteiger partial charge >= 0.3 is 0 Å². The zero-order valence-electron chi connectivity index (χ0n) is 20.5. The second-order valence-corrected chi connectivity index (χ2v) is 9.02. The van der Waals surface area contributed by atoms with Crippen molar-refractivity contribution in [1.82, 2.24) is 24.7 Å². The van der Waals surface area contributed by atoms with E-state index in [1.54, 1.807) is 30.7 Å². The average Bonchev–Trinajstić information content (AvgIpc) is 3.22. The molecular formula is C26H28ClFN6O2. The number of rotatable bonds is 8. The zero-order valence-corrected chi connectivity index (χ0v) is 21.3. The number of ether oxygens (including phenoxy) is 1. The van der Waals surface area contributed by atoms with Crippen LogP contribution in [0.15, 0.2) is 42.9 Å². The minimum Gasteiger partial charge on any atom is -0.489 e. The molecule has 2 atom stereocenters. The molecule has 0 bridgehead atoms. The zero-order chi connectivity index (χ0) is 26.0. The summed E-state index contributed by atoms with van der Waals surface area (Å²) in [7, 11) is 0. The minimum atomic E-state index is -0.845. The van der Waals surface area contributed by atoms with Crippen molar-refractivity contribution in [3.8, 4) is 5.75 Å². The molecule has 0 aliphatic rings. The van der Waals surface area contributed by atoms with Gasteiger partial charge in [0.1, 0.15) is 28.5 Å². The molecule has 36 heavy (non-hydrogen) atoms. The van der Waals surface area contributed by atoms with Gasteiger partial charge in [-0.15, -0.1) is 0 Å². The highest BCUT2D eigenvalue weighted by atomic mass is 35.5. The first-order valence-corrected chi connectivity index (χ1v) is 12.1. The van der Waals surface area contributed by atoms with E-state index >= 15 is 4.39 Å². The Balaban J connectivity index is 1.83. The number of nitrogens with two attached hydrogens (primary N) is 1. The Morgan fingerprint density at radius 2 is 2.06 bits per heavy atom. The van der Waals surface area contributed by atoms with Crippen LogP contribution in [0.5, 0.6) is 5.75 Å². The Labute approximate surface area is 213 Å². The van der Waals surface area contributed by atoms with Crippen LogP contribution in [0.25, 0.3) is 5.52 Å². The maximum Gasteiger partial charge on any atom is 0.258 e. The van der Waals surface area contributed by atoms with Gasteiger partial charge < -0.3 is 15.8 Å². The van der Waals surface area contributed by atoms with Gasteiger partial charge in [-0.2, -0.15) is 0 Å². The Morgan fingerprint density at radius 1 is 1.28 bits per heavy atom. The lowest BCUT2D eigenvalue weighted by molar-refractivity contribution is 0.0938. The van der Waals surface area contributed by atoms with Gasteiger partial charge in [-0.05, 0) is 38.5 Å². The van der Waals surface area contributed by atoms with E-state index in [1.165, 1.54) is 6.07 Å². The quantitative estimate of drug-likeness (QED) is 0.343. The fraction of sp³-hybridized carbons (Fsp3) is 0.308. The Hall–Kier alpha value is -3.72. The summed E-state index contributed by atoms with van der Waals surface area (Å²) in [5, 5.41) is 2.55. The molecule has 188 valence electrons. The summed E-state index contributed by atoms with van der Waals surface area (Å²) in [6.07, 6.45) is 5.35. The van der Waals surface area contributed by atoms with Crippen molar-refractivity contribution in [1.29, 1.82) is 0 Å². The second-order valence-electron chi connectivity index (χ2n) is 8.61. The minimum absolute atomic E-state index is 0.121. The summed E-state index contributed by atoms with van der Waals surface area (Å²) in [5.41, 5.74) is 8.39. The van der Waals surface area contributed by atoms with Crippen molar-refractivity contribution >= 4 is 28.8 Å². The molecule has 1 unspecified atom stereocenters. The van der Waals surface area contributed by atoms with Gasteiger partial charge in [0, 0.05) is 30.1 Å². The number of nitrogens with zero attached hydrogens (tertiary/aromatic N) is 4. The van der Waals surface area contributed by atoms with E-state index in [1.807, 2.05) is 38.2 Å². The maximum absolute atomic E-state index is 15.4. The molecule has 4 aromatic rings. The molecule has 0 radical (unpaired) electrons. The molecule has 4 rings (SSSR count). The van der Waals surface area contributed by atoms with Gasteiger partial charge in [-0.1, -0.05) is 31.5 Å². The van der Waals surface area contributed by atoms with Gasteiger partial charge in [0.05, 0.1) is 29.1 Å². The monoisotopic (exact) mass is 510 g/mol. The van der Waals surface area contributed by atoms with Gasteiger partial charge in [0.2, 0.25) is 0 Å². The van der Waals surface area contributed by atoms with Crippen molar-refractivity contribution in [2.45, 2.75) is 52.7 Å². The number of benzene rings is 1. The predicted molar refractivity (Wildman–Crippen MR) is 137 cm³/mol. The lowest BCUT2D eigenvalue weighted by atomic mass is 9.95. The number of anilines is 1. The lowest BCUT2D eigenvalue weighted by Crippen LogP contribution is -2.27. The first kappa shape index (κ1) is 25.4. The highest BCUT2D eigenvalue weighted by Crippen LogP contribution is 2.40. The number of aryl methyl sites for hydroxylation is 1. The number of hydrogen-bond acceptors (Lipinski definition) is 6. The highest BCUT2D eigenvalue weighted by molar-refractivity contribution is 6.31. The number of nitrogen functional groups attached to an aromatic ring is 1. The first-order valence-electron chi connectivity index (χ1n) is 11.7. The van der Waals surface area contributed by atoms with E-state index in [0.29, 0.717) is 40.5 Å². The standard InChI is InChI=1S/C26H28ClFN6O2/c1-5-14(2)36-23-18(15(3)25-33-16(4)22-24(29)31-10-11-34(22)25)12-19(27)21(28)20(23)26(35)32-13-17-8-6-7-9-30-17/h6-12,14-15H,5,13H2,1-4H3,(H2,29,31)(H,32,35)/t14?,15-/m0/s1. The molecular weight excluding hydrogens is 483 g/mol. The number of nitrogens with one attached hydrogen (secondary N) is 1. The smallest absolute Gasteiger partial charge is 0.258 e. The Bertz CT molecular complexity index is 1410. The van der Waals surface area contributed by atoms with Crippen LogP contribution in [0, 0.1) is 12.7 Å². The molecule has 0 aliphatic carbocycles. The van der Waals surface area contributed by atoms with E-state index in [9.17, 15) is 4.79 Å². The number of aromatic nitrogens is 4. The molecule has 0 fully saturated rings. The Morgan fingerprint density at radius 3 is 2.75 bits per heavy atom. The molecule has 0 spiro atoms. The van der Waals surface area contributed by atoms with E-state index in [-0.39, 0.29) is 29.0 Å². The van der Waals surface area contributed by atoms with Crippen LogP contribution in [0.4, 0.5) is 10.2 Å². The predicted octanol–water partition coefficient (Wildman–Crippen LogP) is 5.07. The summed E-state index contributed by atoms with van der Waals surface area (Å²) < 4.78 is 23.4. The fourth-order valence-electron chi connectivity index (χ4n) is 4.04. The number of imidazole rings is 1. The summed E-state index contributed by atoms with van der Waals surface area (Å²) in [6.45, 7) is 7.66. The molecule has 1 amide bonds. The first-order chi connectivity index (χ1) is 17.2. The van der Waals surface area contributed by atoms with Crippen molar-refractivity contribution in [2.24, 2.45) is 0 Å².